The van der Waals surface area contributed by atoms with Gasteiger partial charge in [-0.1, -0.05) is 0 Å². The van der Waals surface area contributed by atoms with Crippen LogP contribution in [0.5, 0.6) is 0 Å². The van der Waals surface area contributed by atoms with Crippen LogP contribution in [0.2, 0.25) is 0 Å². The van der Waals surface area contributed by atoms with Crippen LogP contribution in [-0.2, 0) is 11.3 Å². The molecule has 2 heterocycles. The summed E-state index contributed by atoms with van der Waals surface area (Å²) in [5.74, 6) is -1.69. The normalized spacial score (nSPS) is 15.1. The Kier molecular flexibility index (Phi) is 5.61. The van der Waals surface area contributed by atoms with E-state index < -0.39 is 17.5 Å². The molecule has 1 aliphatic heterocycles. The Morgan fingerprint density at radius 3 is 2.73 bits per heavy atom. The number of benzene rings is 1. The fraction of sp³-hybridized carbons (Fsp3) is 0.389. The van der Waals surface area contributed by atoms with Gasteiger partial charge in [-0.25, -0.2) is 13.8 Å². The minimum absolute atomic E-state index is 0.101. The standard InChI is InChI=1S/C18H19F2N3O2S/c1-11(24)21-9-14-10-26-17(22-14)12-4-6-23(7-5-12)18(25)15-8-13(19)2-3-16(15)20/h2-3,8,10,12H,4-7,9H2,1H3,(H,21,24). The number of piperidine rings is 1. The molecule has 8 heteroatoms. The fourth-order valence-corrected chi connectivity index (χ4v) is 3.96. The van der Waals surface area contributed by atoms with Crippen LogP contribution in [0.1, 0.15) is 46.7 Å². The average Bonchev–Trinajstić information content (AvgIpc) is 3.10. The quantitative estimate of drug-likeness (QED) is 0.888. The van der Waals surface area contributed by atoms with E-state index in [1.807, 2.05) is 5.38 Å². The van der Waals surface area contributed by atoms with E-state index in [1.165, 1.54) is 6.92 Å². The summed E-state index contributed by atoms with van der Waals surface area (Å²) in [6.45, 7) is 2.81. The summed E-state index contributed by atoms with van der Waals surface area (Å²) >= 11 is 1.54. The number of carbonyl (C=O) groups excluding carboxylic acids is 2. The maximum Gasteiger partial charge on any atom is 0.256 e. The zero-order valence-electron chi connectivity index (χ0n) is 14.3. The van der Waals surface area contributed by atoms with Crippen molar-refractivity contribution >= 4 is 23.2 Å². The Morgan fingerprint density at radius 1 is 1.31 bits per heavy atom. The highest BCUT2D eigenvalue weighted by molar-refractivity contribution is 7.09. The SMILES string of the molecule is CC(=O)NCc1csc(C2CCN(C(=O)c3cc(F)ccc3F)CC2)n1. The first-order valence-electron chi connectivity index (χ1n) is 8.37. The van der Waals surface area contributed by atoms with Crippen molar-refractivity contribution in [3.8, 4) is 0 Å². The fourth-order valence-electron chi connectivity index (χ4n) is 2.97. The lowest BCUT2D eigenvalue weighted by Gasteiger charge is -2.31. The first-order chi connectivity index (χ1) is 12.4. The van der Waals surface area contributed by atoms with Gasteiger partial charge in [0, 0.05) is 31.3 Å². The molecule has 1 aliphatic rings. The number of hydrogen-bond donors (Lipinski definition) is 1. The van der Waals surface area contributed by atoms with E-state index in [4.69, 9.17) is 0 Å². The van der Waals surface area contributed by atoms with Gasteiger partial charge in [-0.05, 0) is 31.0 Å². The summed E-state index contributed by atoms with van der Waals surface area (Å²) in [7, 11) is 0. The number of likely N-dealkylation sites (tertiary alicyclic amines) is 1. The molecule has 1 N–H and O–H groups in total. The molecule has 1 saturated heterocycles. The van der Waals surface area contributed by atoms with Crippen molar-refractivity contribution in [1.82, 2.24) is 15.2 Å². The summed E-state index contributed by atoms with van der Waals surface area (Å²) in [5, 5.41) is 5.62. The zero-order chi connectivity index (χ0) is 18.7. The minimum Gasteiger partial charge on any atom is -0.351 e. The second-order valence-electron chi connectivity index (χ2n) is 6.28. The average molecular weight is 379 g/mol. The number of aromatic nitrogens is 1. The van der Waals surface area contributed by atoms with Crippen LogP contribution in [-0.4, -0.2) is 34.8 Å². The summed E-state index contributed by atoms with van der Waals surface area (Å²) in [6, 6.07) is 2.92. The lowest BCUT2D eigenvalue weighted by molar-refractivity contribution is -0.119. The predicted octanol–water partition coefficient (Wildman–Crippen LogP) is 3.08. The van der Waals surface area contributed by atoms with Gasteiger partial charge in [-0.3, -0.25) is 9.59 Å². The molecule has 0 bridgehead atoms. The Bertz CT molecular complexity index is 817. The number of rotatable bonds is 4. The smallest absolute Gasteiger partial charge is 0.256 e. The molecular weight excluding hydrogens is 360 g/mol. The van der Waals surface area contributed by atoms with Gasteiger partial charge >= 0.3 is 0 Å². The molecule has 0 atom stereocenters. The van der Waals surface area contributed by atoms with Crippen molar-refractivity contribution < 1.29 is 18.4 Å². The van der Waals surface area contributed by atoms with Crippen LogP contribution >= 0.6 is 11.3 Å². The summed E-state index contributed by atoms with van der Waals surface area (Å²) in [6.07, 6.45) is 1.44. The van der Waals surface area contributed by atoms with Crippen molar-refractivity contribution in [3.63, 3.8) is 0 Å². The number of nitrogens with zero attached hydrogens (tertiary/aromatic N) is 2. The summed E-state index contributed by atoms with van der Waals surface area (Å²) in [5.41, 5.74) is 0.593. The maximum atomic E-state index is 13.8. The molecule has 0 spiro atoms. The van der Waals surface area contributed by atoms with Crippen LogP contribution in [0.3, 0.4) is 0 Å². The number of carbonyl (C=O) groups is 2. The number of thiazole rings is 1. The maximum absolute atomic E-state index is 13.8. The zero-order valence-corrected chi connectivity index (χ0v) is 15.1. The number of halogens is 2. The van der Waals surface area contributed by atoms with Crippen LogP contribution < -0.4 is 5.32 Å². The molecule has 138 valence electrons. The van der Waals surface area contributed by atoms with E-state index in [0.29, 0.717) is 19.6 Å². The largest absolute Gasteiger partial charge is 0.351 e. The summed E-state index contributed by atoms with van der Waals surface area (Å²) in [4.78, 5) is 29.5. The van der Waals surface area contributed by atoms with Crippen LogP contribution in [0.15, 0.2) is 23.6 Å². The molecule has 1 aromatic heterocycles. The molecule has 0 aliphatic carbocycles. The van der Waals surface area contributed by atoms with Gasteiger partial charge in [0.2, 0.25) is 5.91 Å². The van der Waals surface area contributed by atoms with Crippen LogP contribution in [0.25, 0.3) is 0 Å². The second-order valence-corrected chi connectivity index (χ2v) is 7.17. The molecule has 2 aromatic rings. The second kappa shape index (κ2) is 7.90. The van der Waals surface area contributed by atoms with Crippen molar-refractivity contribution in [3.05, 3.63) is 51.5 Å². The van der Waals surface area contributed by atoms with E-state index in [-0.39, 0.29) is 17.4 Å². The van der Waals surface area contributed by atoms with E-state index in [1.54, 1.807) is 16.2 Å². The van der Waals surface area contributed by atoms with E-state index in [9.17, 15) is 18.4 Å². The highest BCUT2D eigenvalue weighted by atomic mass is 32.1. The van der Waals surface area contributed by atoms with E-state index in [0.717, 1.165) is 41.7 Å². The number of nitrogens with one attached hydrogen (secondary N) is 1. The minimum atomic E-state index is -0.707. The third-order valence-electron chi connectivity index (χ3n) is 4.38. The Labute approximate surface area is 154 Å². The summed E-state index contributed by atoms with van der Waals surface area (Å²) < 4.78 is 27.1. The van der Waals surface area contributed by atoms with Crippen molar-refractivity contribution in [1.29, 1.82) is 0 Å². The number of amides is 2. The van der Waals surface area contributed by atoms with Crippen molar-refractivity contribution in [2.75, 3.05) is 13.1 Å². The predicted molar refractivity (Wildman–Crippen MR) is 93.9 cm³/mol. The Morgan fingerprint density at radius 2 is 2.04 bits per heavy atom. The third-order valence-corrected chi connectivity index (χ3v) is 5.43. The van der Waals surface area contributed by atoms with Gasteiger partial charge < -0.3 is 10.2 Å². The molecule has 0 saturated carbocycles. The lowest BCUT2D eigenvalue weighted by atomic mass is 9.97. The van der Waals surface area contributed by atoms with E-state index >= 15 is 0 Å². The molecule has 1 aromatic carbocycles. The highest BCUT2D eigenvalue weighted by Gasteiger charge is 2.27. The Balaban J connectivity index is 1.59. The molecule has 5 nitrogen and oxygen atoms in total. The van der Waals surface area contributed by atoms with Gasteiger partial charge in [-0.15, -0.1) is 11.3 Å². The lowest BCUT2D eigenvalue weighted by Crippen LogP contribution is -2.38. The molecule has 26 heavy (non-hydrogen) atoms. The topological polar surface area (TPSA) is 62.3 Å². The molecule has 2 amide bonds. The number of hydrogen-bond acceptors (Lipinski definition) is 4. The molecule has 3 rings (SSSR count). The first kappa shape index (κ1) is 18.4. The van der Waals surface area contributed by atoms with Crippen LogP contribution in [0, 0.1) is 11.6 Å². The Hall–Kier alpha value is -2.35. The van der Waals surface area contributed by atoms with E-state index in [2.05, 4.69) is 10.3 Å². The molecule has 0 radical (unpaired) electrons. The van der Waals surface area contributed by atoms with Crippen molar-refractivity contribution in [2.24, 2.45) is 0 Å². The van der Waals surface area contributed by atoms with Gasteiger partial charge in [0.25, 0.3) is 5.91 Å². The molecule has 1 fully saturated rings. The van der Waals surface area contributed by atoms with Crippen LogP contribution in [0.4, 0.5) is 8.78 Å². The molecular formula is C18H19F2N3O2S. The third kappa shape index (κ3) is 4.24. The van der Waals surface area contributed by atoms with Gasteiger partial charge in [-0.2, -0.15) is 0 Å². The van der Waals surface area contributed by atoms with Gasteiger partial charge in [0.05, 0.1) is 22.8 Å². The van der Waals surface area contributed by atoms with Gasteiger partial charge in [0.15, 0.2) is 0 Å². The van der Waals surface area contributed by atoms with Gasteiger partial charge in [0.1, 0.15) is 11.6 Å². The monoisotopic (exact) mass is 379 g/mol. The van der Waals surface area contributed by atoms with Crippen molar-refractivity contribution in [2.45, 2.75) is 32.2 Å². The highest BCUT2D eigenvalue weighted by Crippen LogP contribution is 2.31. The molecule has 0 unspecified atom stereocenters. The first-order valence-corrected chi connectivity index (χ1v) is 9.25.